The Hall–Kier alpha value is -2.41. The predicted octanol–water partition coefficient (Wildman–Crippen LogP) is 2.27. The van der Waals surface area contributed by atoms with E-state index in [1.54, 1.807) is 6.92 Å². The summed E-state index contributed by atoms with van der Waals surface area (Å²) in [7, 11) is 2.08. The summed E-state index contributed by atoms with van der Waals surface area (Å²) in [5.41, 5.74) is 0. The van der Waals surface area contributed by atoms with Crippen LogP contribution in [0.2, 0.25) is 0 Å². The monoisotopic (exact) mass is 358 g/mol. The summed E-state index contributed by atoms with van der Waals surface area (Å²) in [6, 6.07) is 9.85. The van der Waals surface area contributed by atoms with Gasteiger partial charge in [0.1, 0.15) is 5.75 Å². The lowest BCUT2D eigenvalue weighted by atomic mass is 10.1. The number of nitrogens with zero attached hydrogens (tertiary/aromatic N) is 4. The van der Waals surface area contributed by atoms with Gasteiger partial charge in [-0.05, 0) is 38.4 Å². The lowest BCUT2D eigenvalue weighted by Gasteiger charge is -2.26. The zero-order valence-corrected chi connectivity index (χ0v) is 15.4. The van der Waals surface area contributed by atoms with E-state index in [0.717, 1.165) is 38.1 Å². The molecule has 7 heteroatoms. The molecular formula is C19H26N4O3. The predicted molar refractivity (Wildman–Crippen MR) is 96.7 cm³/mol. The van der Waals surface area contributed by atoms with Crippen LogP contribution in [0, 0.1) is 6.92 Å². The number of carbonyl (C=O) groups excluding carboxylic acids is 1. The highest BCUT2D eigenvalue weighted by atomic mass is 16.5. The molecule has 1 atom stereocenters. The Morgan fingerprint density at radius 2 is 2.12 bits per heavy atom. The van der Waals surface area contributed by atoms with E-state index in [0.29, 0.717) is 24.3 Å². The molecule has 0 N–H and O–H groups in total. The molecule has 2 aromatic rings. The summed E-state index contributed by atoms with van der Waals surface area (Å²) in [5.74, 6) is 2.07. The first-order chi connectivity index (χ1) is 12.6. The van der Waals surface area contributed by atoms with Crippen LogP contribution in [0.15, 0.2) is 34.9 Å². The molecular weight excluding hydrogens is 332 g/mol. The second-order valence-corrected chi connectivity index (χ2v) is 6.71. The number of hydrogen-bond donors (Lipinski definition) is 0. The Kier molecular flexibility index (Phi) is 6.22. The fourth-order valence-corrected chi connectivity index (χ4v) is 3.28. The third kappa shape index (κ3) is 5.05. The van der Waals surface area contributed by atoms with E-state index in [1.165, 1.54) is 0 Å². The summed E-state index contributed by atoms with van der Waals surface area (Å²) in [4.78, 5) is 20.9. The first-order valence-corrected chi connectivity index (χ1v) is 9.07. The molecule has 1 aromatic carbocycles. The lowest BCUT2D eigenvalue weighted by Crippen LogP contribution is -2.37. The van der Waals surface area contributed by atoms with Crippen molar-refractivity contribution in [3.63, 3.8) is 0 Å². The van der Waals surface area contributed by atoms with Gasteiger partial charge in [-0.15, -0.1) is 0 Å². The van der Waals surface area contributed by atoms with Crippen LogP contribution in [0.3, 0.4) is 0 Å². The van der Waals surface area contributed by atoms with Crippen LogP contribution in [-0.2, 0) is 11.3 Å². The van der Waals surface area contributed by atoms with Gasteiger partial charge in [-0.1, -0.05) is 23.4 Å². The summed E-state index contributed by atoms with van der Waals surface area (Å²) < 4.78 is 10.6. The standard InChI is InChI=1S/C19H26N4O3/c1-15-20-18(21-26-15)13-22(2)16-7-6-11-23(12-10-16)19(24)14-25-17-8-4-3-5-9-17/h3-5,8-9,16H,6-7,10-14H2,1-2H3/t16-/m0/s1. The van der Waals surface area contributed by atoms with Gasteiger partial charge in [0, 0.05) is 26.1 Å². The molecule has 2 heterocycles. The molecule has 1 saturated heterocycles. The Bertz CT molecular complexity index is 704. The fourth-order valence-electron chi connectivity index (χ4n) is 3.28. The maximum absolute atomic E-state index is 12.4. The fraction of sp³-hybridized carbons (Fsp3) is 0.526. The molecule has 0 unspecified atom stereocenters. The number of para-hydroxylation sites is 1. The number of hydrogen-bond acceptors (Lipinski definition) is 6. The third-order valence-electron chi connectivity index (χ3n) is 4.74. The molecule has 0 saturated carbocycles. The number of aromatic nitrogens is 2. The van der Waals surface area contributed by atoms with Gasteiger partial charge < -0.3 is 14.2 Å². The molecule has 0 bridgehead atoms. The molecule has 1 aliphatic heterocycles. The first kappa shape index (κ1) is 18.4. The van der Waals surface area contributed by atoms with E-state index < -0.39 is 0 Å². The summed E-state index contributed by atoms with van der Waals surface area (Å²) in [6.07, 6.45) is 2.97. The summed E-state index contributed by atoms with van der Waals surface area (Å²) >= 11 is 0. The normalized spacial score (nSPS) is 18.0. The van der Waals surface area contributed by atoms with Crippen molar-refractivity contribution in [2.75, 3.05) is 26.7 Å². The van der Waals surface area contributed by atoms with Crippen LogP contribution in [0.5, 0.6) is 5.75 Å². The Balaban J connectivity index is 1.47. The van der Waals surface area contributed by atoms with Gasteiger partial charge in [0.25, 0.3) is 5.91 Å². The van der Waals surface area contributed by atoms with Crippen molar-refractivity contribution in [2.45, 2.75) is 38.8 Å². The molecule has 1 amide bonds. The largest absolute Gasteiger partial charge is 0.484 e. The molecule has 7 nitrogen and oxygen atoms in total. The van der Waals surface area contributed by atoms with Crippen molar-refractivity contribution < 1.29 is 14.1 Å². The molecule has 3 rings (SSSR count). The van der Waals surface area contributed by atoms with Gasteiger partial charge in [-0.3, -0.25) is 9.69 Å². The van der Waals surface area contributed by atoms with Crippen LogP contribution in [-0.4, -0.2) is 58.6 Å². The number of rotatable bonds is 6. The van der Waals surface area contributed by atoms with Gasteiger partial charge in [-0.2, -0.15) is 4.98 Å². The van der Waals surface area contributed by atoms with E-state index in [4.69, 9.17) is 9.26 Å². The molecule has 1 aromatic heterocycles. The smallest absolute Gasteiger partial charge is 0.260 e. The maximum Gasteiger partial charge on any atom is 0.260 e. The lowest BCUT2D eigenvalue weighted by molar-refractivity contribution is -0.133. The van der Waals surface area contributed by atoms with Crippen LogP contribution in [0.4, 0.5) is 0 Å². The van der Waals surface area contributed by atoms with Gasteiger partial charge in [-0.25, -0.2) is 0 Å². The zero-order valence-electron chi connectivity index (χ0n) is 15.4. The van der Waals surface area contributed by atoms with Crippen LogP contribution in [0.25, 0.3) is 0 Å². The second-order valence-electron chi connectivity index (χ2n) is 6.71. The molecule has 0 aliphatic carbocycles. The molecule has 0 spiro atoms. The van der Waals surface area contributed by atoms with E-state index in [9.17, 15) is 4.79 Å². The highest BCUT2D eigenvalue weighted by Crippen LogP contribution is 2.18. The molecule has 140 valence electrons. The maximum atomic E-state index is 12.4. The number of aryl methyl sites for hydroxylation is 1. The third-order valence-corrected chi connectivity index (χ3v) is 4.74. The second kappa shape index (κ2) is 8.80. The van der Waals surface area contributed by atoms with Gasteiger partial charge in [0.15, 0.2) is 12.4 Å². The SMILES string of the molecule is Cc1nc(CN(C)[C@H]2CCCN(C(=O)COc3ccccc3)CC2)no1. The Morgan fingerprint density at radius 3 is 2.85 bits per heavy atom. The Morgan fingerprint density at radius 1 is 1.31 bits per heavy atom. The molecule has 1 fully saturated rings. The minimum Gasteiger partial charge on any atom is -0.484 e. The molecule has 0 radical (unpaired) electrons. The van der Waals surface area contributed by atoms with Crippen molar-refractivity contribution in [3.8, 4) is 5.75 Å². The van der Waals surface area contributed by atoms with Crippen molar-refractivity contribution in [1.82, 2.24) is 19.9 Å². The number of benzene rings is 1. The van der Waals surface area contributed by atoms with E-state index >= 15 is 0 Å². The van der Waals surface area contributed by atoms with Gasteiger partial charge in [0.05, 0.1) is 6.54 Å². The van der Waals surface area contributed by atoms with Crippen molar-refractivity contribution >= 4 is 5.91 Å². The minimum absolute atomic E-state index is 0.0472. The number of carbonyl (C=O) groups is 1. The molecule has 26 heavy (non-hydrogen) atoms. The zero-order chi connectivity index (χ0) is 18.4. The van der Waals surface area contributed by atoms with E-state index in [1.807, 2.05) is 35.2 Å². The number of ether oxygens (including phenoxy) is 1. The minimum atomic E-state index is 0.0472. The van der Waals surface area contributed by atoms with Gasteiger partial charge in [0.2, 0.25) is 5.89 Å². The van der Waals surface area contributed by atoms with E-state index in [2.05, 4.69) is 22.1 Å². The quantitative estimate of drug-likeness (QED) is 0.789. The number of amides is 1. The Labute approximate surface area is 153 Å². The highest BCUT2D eigenvalue weighted by Gasteiger charge is 2.24. The van der Waals surface area contributed by atoms with Crippen LogP contribution >= 0.6 is 0 Å². The first-order valence-electron chi connectivity index (χ1n) is 9.07. The summed E-state index contributed by atoms with van der Waals surface area (Å²) in [6.45, 7) is 4.07. The van der Waals surface area contributed by atoms with Gasteiger partial charge >= 0.3 is 0 Å². The topological polar surface area (TPSA) is 71.7 Å². The molecule has 1 aliphatic rings. The van der Waals surface area contributed by atoms with E-state index in [-0.39, 0.29) is 12.5 Å². The number of likely N-dealkylation sites (tertiary alicyclic amines) is 1. The summed E-state index contributed by atoms with van der Waals surface area (Å²) in [5, 5.41) is 3.96. The average Bonchev–Trinajstić information content (AvgIpc) is 2.91. The van der Waals surface area contributed by atoms with Crippen molar-refractivity contribution in [3.05, 3.63) is 42.0 Å². The average molecular weight is 358 g/mol. The highest BCUT2D eigenvalue weighted by molar-refractivity contribution is 5.77. The van der Waals surface area contributed by atoms with Crippen LogP contribution < -0.4 is 4.74 Å². The van der Waals surface area contributed by atoms with Crippen molar-refractivity contribution in [1.29, 1.82) is 0 Å². The van der Waals surface area contributed by atoms with Crippen LogP contribution in [0.1, 0.15) is 31.0 Å². The van der Waals surface area contributed by atoms with Crippen molar-refractivity contribution in [2.24, 2.45) is 0 Å².